The highest BCUT2D eigenvalue weighted by Gasteiger charge is 2.11. The van der Waals surface area contributed by atoms with Gasteiger partial charge in [0.25, 0.3) is 0 Å². The van der Waals surface area contributed by atoms with Gasteiger partial charge in [-0.3, -0.25) is 4.98 Å². The van der Waals surface area contributed by atoms with Crippen LogP contribution in [-0.2, 0) is 0 Å². The Bertz CT molecular complexity index is 812. The predicted molar refractivity (Wildman–Crippen MR) is 73.6 cm³/mol. The second kappa shape index (κ2) is 4.37. The third-order valence-electron chi connectivity index (χ3n) is 2.80. The van der Waals surface area contributed by atoms with Crippen molar-refractivity contribution < 1.29 is 14.6 Å². The van der Waals surface area contributed by atoms with Crippen LogP contribution in [0.3, 0.4) is 0 Å². The molecule has 0 atom stereocenters. The van der Waals surface area contributed by atoms with Gasteiger partial charge in [-0.1, -0.05) is 12.2 Å². The van der Waals surface area contributed by atoms with Crippen molar-refractivity contribution in [1.82, 2.24) is 4.98 Å². The molecule has 2 aromatic heterocycles. The summed E-state index contributed by atoms with van der Waals surface area (Å²) >= 11 is 5.27. The van der Waals surface area contributed by atoms with Gasteiger partial charge >= 0.3 is 0 Å². The number of hydrogen-bond acceptors (Lipinski definition) is 5. The molecule has 3 aromatic rings. The fourth-order valence-electron chi connectivity index (χ4n) is 1.85. The van der Waals surface area contributed by atoms with E-state index in [1.807, 2.05) is 6.07 Å². The van der Waals surface area contributed by atoms with E-state index < -0.39 is 0 Å². The lowest BCUT2D eigenvalue weighted by atomic mass is 10.1. The van der Waals surface area contributed by atoms with Crippen LogP contribution in [0, 0.1) is 4.51 Å². The fourth-order valence-corrected chi connectivity index (χ4v) is 2.11. The molecule has 0 aliphatic rings. The normalized spacial score (nSPS) is 10.7. The van der Waals surface area contributed by atoms with Crippen molar-refractivity contribution in [1.29, 1.82) is 0 Å². The number of rotatable bonds is 1. The maximum Gasteiger partial charge on any atom is 0.201 e. The first kappa shape index (κ1) is 11.7. The van der Waals surface area contributed by atoms with Crippen LogP contribution in [0.2, 0.25) is 0 Å². The Morgan fingerprint density at radius 2 is 2.00 bits per heavy atom. The summed E-state index contributed by atoms with van der Waals surface area (Å²) in [4.78, 5) is 4.00. The van der Waals surface area contributed by atoms with E-state index in [0.717, 1.165) is 5.56 Å². The molecule has 0 amide bonds. The molecule has 4 nitrogen and oxygen atoms in total. The minimum Gasteiger partial charge on any atom is -0.504 e. The van der Waals surface area contributed by atoms with E-state index in [0.29, 0.717) is 15.7 Å². The van der Waals surface area contributed by atoms with Gasteiger partial charge in [0.15, 0.2) is 11.3 Å². The predicted octanol–water partition coefficient (Wildman–Crippen LogP) is 3.64. The SMILES string of the molecule is Oc1ccc2c(=S)cc(-c3cccnc3)oc2c1O. The van der Waals surface area contributed by atoms with Crippen LogP contribution in [0.5, 0.6) is 11.5 Å². The Morgan fingerprint density at radius 1 is 1.16 bits per heavy atom. The van der Waals surface area contributed by atoms with Crippen LogP contribution in [0.1, 0.15) is 0 Å². The van der Waals surface area contributed by atoms with Crippen molar-refractivity contribution in [2.75, 3.05) is 0 Å². The van der Waals surface area contributed by atoms with Gasteiger partial charge in [-0.25, -0.2) is 0 Å². The van der Waals surface area contributed by atoms with Crippen LogP contribution in [-0.4, -0.2) is 15.2 Å². The number of aromatic hydroxyl groups is 2. The fraction of sp³-hybridized carbons (Fsp3) is 0. The highest BCUT2D eigenvalue weighted by Crippen LogP contribution is 2.36. The monoisotopic (exact) mass is 271 g/mol. The van der Waals surface area contributed by atoms with E-state index >= 15 is 0 Å². The van der Waals surface area contributed by atoms with Crippen LogP contribution in [0.25, 0.3) is 22.3 Å². The summed E-state index contributed by atoms with van der Waals surface area (Å²) in [6.07, 6.45) is 3.29. The van der Waals surface area contributed by atoms with Crippen molar-refractivity contribution in [2.24, 2.45) is 0 Å². The molecule has 1 aromatic carbocycles. The van der Waals surface area contributed by atoms with Crippen molar-refractivity contribution in [3.8, 4) is 22.8 Å². The van der Waals surface area contributed by atoms with Crippen LogP contribution >= 0.6 is 12.2 Å². The Hall–Kier alpha value is -2.40. The van der Waals surface area contributed by atoms with Gasteiger partial charge in [-0.05, 0) is 24.3 Å². The molecule has 0 spiro atoms. The minimum atomic E-state index is -0.311. The number of phenolic OH excluding ortho intramolecular Hbond substituents is 2. The smallest absolute Gasteiger partial charge is 0.201 e. The summed E-state index contributed by atoms with van der Waals surface area (Å²) in [7, 11) is 0. The summed E-state index contributed by atoms with van der Waals surface area (Å²) in [6.45, 7) is 0. The first-order valence-corrected chi connectivity index (χ1v) is 5.97. The topological polar surface area (TPSA) is 66.5 Å². The molecule has 3 rings (SSSR count). The molecule has 5 heteroatoms. The lowest BCUT2D eigenvalue weighted by molar-refractivity contribution is 0.400. The maximum atomic E-state index is 9.85. The van der Waals surface area contributed by atoms with Gasteiger partial charge in [0.1, 0.15) is 5.76 Å². The van der Waals surface area contributed by atoms with Crippen LogP contribution in [0.4, 0.5) is 0 Å². The second-order valence-corrected chi connectivity index (χ2v) is 4.47. The van der Waals surface area contributed by atoms with E-state index in [1.165, 1.54) is 6.07 Å². The summed E-state index contributed by atoms with van der Waals surface area (Å²) in [6, 6.07) is 8.30. The van der Waals surface area contributed by atoms with Crippen molar-refractivity contribution in [3.05, 3.63) is 47.2 Å². The molecule has 0 bridgehead atoms. The number of fused-ring (bicyclic) bond motifs is 1. The summed E-state index contributed by atoms with van der Waals surface area (Å²) in [5.74, 6) is -0.0603. The van der Waals surface area contributed by atoms with Crippen LogP contribution in [0.15, 0.2) is 47.1 Å². The van der Waals surface area contributed by atoms with Crippen LogP contribution < -0.4 is 0 Å². The standard InChI is InChI=1S/C14H9NO3S/c16-10-4-3-9-12(19)6-11(18-14(9)13(10)17)8-2-1-5-15-7-8/h1-7,16-17H. The van der Waals surface area contributed by atoms with Gasteiger partial charge in [-0.15, -0.1) is 0 Å². The van der Waals surface area contributed by atoms with E-state index in [4.69, 9.17) is 16.6 Å². The van der Waals surface area contributed by atoms with E-state index in [2.05, 4.69) is 4.98 Å². The third-order valence-corrected chi connectivity index (χ3v) is 3.13. The first-order chi connectivity index (χ1) is 9.16. The quantitative estimate of drug-likeness (QED) is 0.522. The molecule has 0 fully saturated rings. The molecule has 0 saturated heterocycles. The molecule has 0 unspecified atom stereocenters. The number of pyridine rings is 1. The summed E-state index contributed by atoms with van der Waals surface area (Å²) in [5, 5.41) is 19.9. The zero-order valence-corrected chi connectivity index (χ0v) is 10.5. The van der Waals surface area contributed by atoms with Crippen molar-refractivity contribution in [3.63, 3.8) is 0 Å². The zero-order chi connectivity index (χ0) is 13.4. The van der Waals surface area contributed by atoms with Crippen molar-refractivity contribution >= 4 is 23.2 Å². The molecular weight excluding hydrogens is 262 g/mol. The average molecular weight is 271 g/mol. The van der Waals surface area contributed by atoms with Crippen molar-refractivity contribution in [2.45, 2.75) is 0 Å². The second-order valence-electron chi connectivity index (χ2n) is 4.03. The van der Waals surface area contributed by atoms with E-state index in [-0.39, 0.29) is 17.1 Å². The molecule has 0 aliphatic heterocycles. The van der Waals surface area contributed by atoms with Gasteiger partial charge < -0.3 is 14.6 Å². The molecule has 19 heavy (non-hydrogen) atoms. The van der Waals surface area contributed by atoms with E-state index in [1.54, 1.807) is 30.6 Å². The highest BCUT2D eigenvalue weighted by molar-refractivity contribution is 7.71. The molecule has 2 heterocycles. The summed E-state index contributed by atoms with van der Waals surface area (Å²) < 4.78 is 6.16. The Labute approximate surface area is 113 Å². The number of phenols is 2. The lowest BCUT2D eigenvalue weighted by Gasteiger charge is -2.06. The maximum absolute atomic E-state index is 9.85. The molecule has 94 valence electrons. The number of hydrogen-bond donors (Lipinski definition) is 2. The van der Waals surface area contributed by atoms with Gasteiger partial charge in [0.05, 0.1) is 4.51 Å². The Kier molecular flexibility index (Phi) is 2.68. The van der Waals surface area contributed by atoms with E-state index in [9.17, 15) is 10.2 Å². The number of nitrogens with zero attached hydrogens (tertiary/aromatic N) is 1. The van der Waals surface area contributed by atoms with Gasteiger partial charge in [-0.2, -0.15) is 0 Å². The molecule has 2 N–H and O–H groups in total. The lowest BCUT2D eigenvalue weighted by Crippen LogP contribution is -1.83. The Morgan fingerprint density at radius 3 is 2.74 bits per heavy atom. The molecule has 0 radical (unpaired) electrons. The zero-order valence-electron chi connectivity index (χ0n) is 9.70. The third kappa shape index (κ3) is 1.94. The Balaban J connectivity index is 2.36. The molecule has 0 saturated carbocycles. The first-order valence-electron chi connectivity index (χ1n) is 5.56. The molecular formula is C14H9NO3S. The average Bonchev–Trinajstić information content (AvgIpc) is 2.44. The largest absolute Gasteiger partial charge is 0.504 e. The van der Waals surface area contributed by atoms with Gasteiger partial charge in [0, 0.05) is 29.4 Å². The minimum absolute atomic E-state index is 0.173. The van der Waals surface area contributed by atoms with Gasteiger partial charge in [0.2, 0.25) is 5.75 Å². The number of aromatic nitrogens is 1. The molecule has 0 aliphatic carbocycles. The highest BCUT2D eigenvalue weighted by atomic mass is 32.1. The summed E-state index contributed by atoms with van der Waals surface area (Å²) in [5.41, 5.74) is 0.921. The number of benzene rings is 1.